The minimum absolute atomic E-state index is 0.144. The van der Waals surface area contributed by atoms with Crippen LogP contribution in [0.3, 0.4) is 0 Å². The monoisotopic (exact) mass is 439 g/mol. The van der Waals surface area contributed by atoms with E-state index in [-0.39, 0.29) is 12.5 Å². The van der Waals surface area contributed by atoms with Crippen molar-refractivity contribution in [2.24, 2.45) is 0 Å². The van der Waals surface area contributed by atoms with Gasteiger partial charge in [0.2, 0.25) is 17.7 Å². The molecule has 0 aliphatic carbocycles. The Kier molecular flexibility index (Phi) is 6.52. The van der Waals surface area contributed by atoms with E-state index in [4.69, 9.17) is 25.5 Å². The highest BCUT2D eigenvalue weighted by Gasteiger charge is 2.17. The Hall–Kier alpha value is -3.32. The summed E-state index contributed by atoms with van der Waals surface area (Å²) in [5, 5.41) is 8.68. The van der Waals surface area contributed by atoms with Gasteiger partial charge in [-0.2, -0.15) is 0 Å². The molecule has 1 aliphatic rings. The van der Waals surface area contributed by atoms with Crippen molar-refractivity contribution in [3.8, 4) is 23.0 Å². The summed E-state index contributed by atoms with van der Waals surface area (Å²) < 4.78 is 16.9. The molecule has 7 nitrogen and oxygen atoms in total. The molecule has 8 heteroatoms. The summed E-state index contributed by atoms with van der Waals surface area (Å²) in [6.45, 7) is 3.85. The highest BCUT2D eigenvalue weighted by Crippen LogP contribution is 2.31. The van der Waals surface area contributed by atoms with E-state index in [1.807, 2.05) is 43.3 Å². The van der Waals surface area contributed by atoms with Crippen LogP contribution in [0.4, 0.5) is 0 Å². The Morgan fingerprint density at radius 2 is 1.94 bits per heavy atom. The van der Waals surface area contributed by atoms with E-state index in [1.54, 1.807) is 17.0 Å². The minimum Gasteiger partial charge on any atom is -0.486 e. The number of carbonyl (C=O) groups is 1. The zero-order chi connectivity index (χ0) is 21.6. The average molecular weight is 440 g/mol. The standard InChI is InChI=1S/C23H22ClN3O4/c1-2-11-27(15-21-25-26-23(31-21)17-5-3-4-6-18(17)24)22(28)10-8-16-7-9-19-20(14-16)30-13-12-29-19/h3-10,14H,2,11-13,15H2,1H3/b10-8+. The van der Waals surface area contributed by atoms with Crippen molar-refractivity contribution in [2.75, 3.05) is 19.8 Å². The number of hydrogen-bond acceptors (Lipinski definition) is 6. The van der Waals surface area contributed by atoms with Crippen molar-refractivity contribution in [2.45, 2.75) is 19.9 Å². The van der Waals surface area contributed by atoms with Crippen LogP contribution in [-0.2, 0) is 11.3 Å². The highest BCUT2D eigenvalue weighted by molar-refractivity contribution is 6.33. The smallest absolute Gasteiger partial charge is 0.249 e. The van der Waals surface area contributed by atoms with Gasteiger partial charge < -0.3 is 18.8 Å². The van der Waals surface area contributed by atoms with Gasteiger partial charge in [0.05, 0.1) is 17.1 Å². The van der Waals surface area contributed by atoms with E-state index in [2.05, 4.69) is 10.2 Å². The lowest BCUT2D eigenvalue weighted by Gasteiger charge is -2.19. The number of amides is 1. The number of fused-ring (bicyclic) bond motifs is 1. The molecule has 1 aromatic heterocycles. The molecule has 0 fully saturated rings. The highest BCUT2D eigenvalue weighted by atomic mass is 35.5. The van der Waals surface area contributed by atoms with Crippen LogP contribution in [0.15, 0.2) is 53.0 Å². The lowest BCUT2D eigenvalue weighted by molar-refractivity contribution is -0.126. The first kappa shape index (κ1) is 20.9. The van der Waals surface area contributed by atoms with Crippen LogP contribution in [0.2, 0.25) is 5.02 Å². The van der Waals surface area contributed by atoms with Crippen LogP contribution in [0.5, 0.6) is 11.5 Å². The number of carbonyl (C=O) groups excluding carboxylic acids is 1. The first-order valence-electron chi connectivity index (χ1n) is 10.1. The van der Waals surface area contributed by atoms with Crippen molar-refractivity contribution in [3.63, 3.8) is 0 Å². The summed E-state index contributed by atoms with van der Waals surface area (Å²) in [5.41, 5.74) is 1.52. The maximum atomic E-state index is 12.8. The van der Waals surface area contributed by atoms with E-state index in [9.17, 15) is 4.79 Å². The molecule has 0 spiro atoms. The first-order chi connectivity index (χ1) is 15.1. The van der Waals surface area contributed by atoms with Gasteiger partial charge in [0, 0.05) is 12.6 Å². The van der Waals surface area contributed by atoms with Gasteiger partial charge in [-0.1, -0.05) is 36.7 Å². The topological polar surface area (TPSA) is 77.7 Å². The molecule has 0 unspecified atom stereocenters. The summed E-state index contributed by atoms with van der Waals surface area (Å²) in [6.07, 6.45) is 4.09. The van der Waals surface area contributed by atoms with Gasteiger partial charge in [0.15, 0.2) is 11.5 Å². The van der Waals surface area contributed by atoms with E-state index < -0.39 is 0 Å². The second-order valence-corrected chi connectivity index (χ2v) is 7.38. The number of aromatic nitrogens is 2. The Morgan fingerprint density at radius 1 is 1.13 bits per heavy atom. The van der Waals surface area contributed by atoms with E-state index in [1.165, 1.54) is 6.08 Å². The number of rotatable bonds is 7. The maximum absolute atomic E-state index is 12.8. The molecular formula is C23H22ClN3O4. The number of halogens is 1. The van der Waals surface area contributed by atoms with Crippen molar-refractivity contribution in [1.82, 2.24) is 15.1 Å². The number of nitrogens with zero attached hydrogens (tertiary/aromatic N) is 3. The van der Waals surface area contributed by atoms with Crippen LogP contribution < -0.4 is 9.47 Å². The molecular weight excluding hydrogens is 418 g/mol. The molecule has 3 aromatic rings. The van der Waals surface area contributed by atoms with Crippen molar-refractivity contribution in [3.05, 3.63) is 65.0 Å². The van der Waals surface area contributed by atoms with Gasteiger partial charge in [-0.05, 0) is 42.3 Å². The molecule has 0 saturated carbocycles. The summed E-state index contributed by atoms with van der Waals surface area (Å²) in [6, 6.07) is 12.8. The quantitative estimate of drug-likeness (QED) is 0.500. The number of ether oxygens (including phenoxy) is 2. The van der Waals surface area contributed by atoms with Crippen molar-refractivity contribution >= 4 is 23.6 Å². The summed E-state index contributed by atoms with van der Waals surface area (Å²) in [5.74, 6) is 1.94. The minimum atomic E-state index is -0.144. The van der Waals surface area contributed by atoms with Crippen LogP contribution in [0.25, 0.3) is 17.5 Å². The number of hydrogen-bond donors (Lipinski definition) is 0. The van der Waals surface area contributed by atoms with Gasteiger partial charge in [-0.15, -0.1) is 10.2 Å². The molecule has 1 amide bonds. The van der Waals surface area contributed by atoms with Crippen molar-refractivity contribution < 1.29 is 18.7 Å². The largest absolute Gasteiger partial charge is 0.486 e. The lowest BCUT2D eigenvalue weighted by atomic mass is 10.1. The third-order valence-electron chi connectivity index (χ3n) is 4.69. The first-order valence-corrected chi connectivity index (χ1v) is 10.5. The molecule has 2 aromatic carbocycles. The molecule has 0 saturated heterocycles. The Morgan fingerprint density at radius 3 is 2.74 bits per heavy atom. The SMILES string of the molecule is CCCN(Cc1nnc(-c2ccccc2Cl)o1)C(=O)/C=C/c1ccc2c(c1)OCCO2. The van der Waals surface area contributed by atoms with Gasteiger partial charge >= 0.3 is 0 Å². The van der Waals surface area contributed by atoms with E-state index in [0.29, 0.717) is 53.6 Å². The molecule has 2 heterocycles. The average Bonchev–Trinajstić information content (AvgIpc) is 3.25. The normalized spacial score (nSPS) is 12.8. The fraction of sp³-hybridized carbons (Fsp3) is 0.261. The Balaban J connectivity index is 1.45. The second-order valence-electron chi connectivity index (χ2n) is 6.98. The van der Waals surface area contributed by atoms with Crippen LogP contribution >= 0.6 is 11.6 Å². The number of benzene rings is 2. The zero-order valence-corrected chi connectivity index (χ0v) is 17.8. The van der Waals surface area contributed by atoms with Gasteiger partial charge in [0.25, 0.3) is 0 Å². The summed E-state index contributed by atoms with van der Waals surface area (Å²) in [4.78, 5) is 14.5. The van der Waals surface area contributed by atoms with Gasteiger partial charge in [-0.3, -0.25) is 4.79 Å². The predicted octanol–water partition coefficient (Wildman–Crippen LogP) is 4.61. The van der Waals surface area contributed by atoms with E-state index in [0.717, 1.165) is 12.0 Å². The third-order valence-corrected chi connectivity index (χ3v) is 5.02. The molecule has 0 radical (unpaired) electrons. The molecule has 0 N–H and O–H groups in total. The Bertz CT molecular complexity index is 1100. The summed E-state index contributed by atoms with van der Waals surface area (Å²) in [7, 11) is 0. The molecule has 31 heavy (non-hydrogen) atoms. The fourth-order valence-corrected chi connectivity index (χ4v) is 3.41. The van der Waals surface area contributed by atoms with Gasteiger partial charge in [-0.25, -0.2) is 0 Å². The molecule has 1 aliphatic heterocycles. The van der Waals surface area contributed by atoms with Crippen LogP contribution in [0.1, 0.15) is 24.8 Å². The lowest BCUT2D eigenvalue weighted by Crippen LogP contribution is -2.29. The second kappa shape index (κ2) is 9.66. The summed E-state index contributed by atoms with van der Waals surface area (Å²) >= 11 is 6.20. The fourth-order valence-electron chi connectivity index (χ4n) is 3.20. The molecule has 0 bridgehead atoms. The molecule has 4 rings (SSSR count). The third kappa shape index (κ3) is 5.06. The van der Waals surface area contributed by atoms with Crippen molar-refractivity contribution in [1.29, 1.82) is 0 Å². The molecule has 0 atom stereocenters. The van der Waals surface area contributed by atoms with Gasteiger partial charge in [0.1, 0.15) is 13.2 Å². The Labute approximate surface area is 185 Å². The van der Waals surface area contributed by atoms with Crippen LogP contribution in [-0.4, -0.2) is 40.8 Å². The zero-order valence-electron chi connectivity index (χ0n) is 17.1. The van der Waals surface area contributed by atoms with E-state index >= 15 is 0 Å². The molecule has 160 valence electrons. The predicted molar refractivity (Wildman–Crippen MR) is 117 cm³/mol. The maximum Gasteiger partial charge on any atom is 0.249 e. The van der Waals surface area contributed by atoms with Crippen LogP contribution in [0, 0.1) is 0 Å².